The fraction of sp³-hybridized carbons (Fsp3) is 0.0606. The van der Waals surface area contributed by atoms with Gasteiger partial charge in [-0.15, -0.1) is 0 Å². The first kappa shape index (κ1) is 24.6. The minimum atomic E-state index is -0.0219. The highest BCUT2D eigenvalue weighted by molar-refractivity contribution is 9.10. The van der Waals surface area contributed by atoms with E-state index < -0.39 is 0 Å². The van der Waals surface area contributed by atoms with Gasteiger partial charge in [0, 0.05) is 46.3 Å². The number of carbonyl (C=O) groups is 1. The van der Waals surface area contributed by atoms with Crippen LogP contribution in [0.4, 0.5) is 5.69 Å². The molecule has 0 bridgehead atoms. The van der Waals surface area contributed by atoms with Crippen molar-refractivity contribution < 1.29 is 4.79 Å². The SMILES string of the molecule is [C-]#[N+]c1ccc(Cn2cncc2Cn2cc(C(=O)c3cccc(Br)c3)c(-c3cccc4ccccc34)c2)cc1. The van der Waals surface area contributed by atoms with Gasteiger partial charge in [0.1, 0.15) is 0 Å². The number of fused-ring (bicyclic) bond motifs is 1. The zero-order valence-electron chi connectivity index (χ0n) is 21.0. The Hall–Kier alpha value is -4.73. The number of hydrogen-bond donors (Lipinski definition) is 0. The Morgan fingerprint density at radius 3 is 2.49 bits per heavy atom. The summed E-state index contributed by atoms with van der Waals surface area (Å²) >= 11 is 3.51. The van der Waals surface area contributed by atoms with Gasteiger partial charge in [-0.25, -0.2) is 9.83 Å². The zero-order chi connectivity index (χ0) is 26.8. The van der Waals surface area contributed by atoms with E-state index in [1.165, 1.54) is 0 Å². The molecule has 0 aliphatic carbocycles. The van der Waals surface area contributed by atoms with Crippen molar-refractivity contribution in [3.05, 3.63) is 154 Å². The molecule has 0 aliphatic heterocycles. The zero-order valence-corrected chi connectivity index (χ0v) is 22.5. The fourth-order valence-corrected chi connectivity index (χ4v) is 5.32. The first-order chi connectivity index (χ1) is 19.1. The molecular weight excluding hydrogens is 548 g/mol. The molecule has 0 radical (unpaired) electrons. The highest BCUT2D eigenvalue weighted by atomic mass is 79.9. The van der Waals surface area contributed by atoms with E-state index >= 15 is 0 Å². The van der Waals surface area contributed by atoms with Gasteiger partial charge in [-0.1, -0.05) is 94.8 Å². The molecule has 2 heterocycles. The van der Waals surface area contributed by atoms with E-state index in [4.69, 9.17) is 6.57 Å². The van der Waals surface area contributed by atoms with Crippen molar-refractivity contribution in [1.82, 2.24) is 14.1 Å². The first-order valence-corrected chi connectivity index (χ1v) is 13.3. The first-order valence-electron chi connectivity index (χ1n) is 12.5. The third kappa shape index (κ3) is 5.05. The Labute approximate surface area is 234 Å². The fourth-order valence-electron chi connectivity index (χ4n) is 4.92. The van der Waals surface area contributed by atoms with Crippen LogP contribution in [0.3, 0.4) is 0 Å². The van der Waals surface area contributed by atoms with Crippen LogP contribution in [0, 0.1) is 6.57 Å². The third-order valence-electron chi connectivity index (χ3n) is 6.85. The molecule has 0 saturated heterocycles. The lowest BCUT2D eigenvalue weighted by Crippen LogP contribution is -2.07. The minimum Gasteiger partial charge on any atom is -0.347 e. The molecule has 6 aromatic rings. The van der Waals surface area contributed by atoms with E-state index in [-0.39, 0.29) is 5.78 Å². The van der Waals surface area contributed by atoms with E-state index in [2.05, 4.69) is 65.4 Å². The third-order valence-corrected chi connectivity index (χ3v) is 7.35. The maximum Gasteiger partial charge on any atom is 0.195 e. The van der Waals surface area contributed by atoms with Gasteiger partial charge in [-0.05, 0) is 34.0 Å². The van der Waals surface area contributed by atoms with Gasteiger partial charge in [-0.3, -0.25) is 4.79 Å². The van der Waals surface area contributed by atoms with Gasteiger partial charge in [0.25, 0.3) is 0 Å². The molecule has 0 N–H and O–H groups in total. The summed E-state index contributed by atoms with van der Waals surface area (Å²) in [5, 5.41) is 2.24. The van der Waals surface area contributed by atoms with E-state index in [9.17, 15) is 4.79 Å². The number of nitrogens with zero attached hydrogens (tertiary/aromatic N) is 4. The Morgan fingerprint density at radius 2 is 1.67 bits per heavy atom. The second-order valence-corrected chi connectivity index (χ2v) is 10.3. The van der Waals surface area contributed by atoms with Crippen LogP contribution < -0.4 is 0 Å². The van der Waals surface area contributed by atoms with Crippen molar-refractivity contribution in [1.29, 1.82) is 0 Å². The van der Waals surface area contributed by atoms with Crippen LogP contribution >= 0.6 is 15.9 Å². The molecule has 6 rings (SSSR count). The van der Waals surface area contributed by atoms with E-state index in [1.54, 1.807) is 0 Å². The Morgan fingerprint density at radius 1 is 0.872 bits per heavy atom. The molecular formula is C33H23BrN4O. The predicted molar refractivity (Wildman–Crippen MR) is 158 cm³/mol. The van der Waals surface area contributed by atoms with Crippen LogP contribution in [0.1, 0.15) is 27.2 Å². The highest BCUT2D eigenvalue weighted by Crippen LogP contribution is 2.33. The summed E-state index contributed by atoms with van der Waals surface area (Å²) in [4.78, 5) is 21.7. The summed E-state index contributed by atoms with van der Waals surface area (Å²) in [5.41, 5.74) is 5.96. The number of halogens is 1. The Balaban J connectivity index is 1.40. The van der Waals surface area contributed by atoms with Crippen LogP contribution in [-0.4, -0.2) is 19.9 Å². The summed E-state index contributed by atoms with van der Waals surface area (Å²) in [6.07, 6.45) is 7.69. The highest BCUT2D eigenvalue weighted by Gasteiger charge is 2.20. The molecule has 5 nitrogen and oxygen atoms in total. The average molecular weight is 571 g/mol. The average Bonchev–Trinajstić information content (AvgIpc) is 3.59. The summed E-state index contributed by atoms with van der Waals surface area (Å²) < 4.78 is 5.03. The van der Waals surface area contributed by atoms with Gasteiger partial charge in [0.2, 0.25) is 0 Å². The summed E-state index contributed by atoms with van der Waals surface area (Å²) in [6, 6.07) is 29.6. The van der Waals surface area contributed by atoms with Crippen molar-refractivity contribution in [3.63, 3.8) is 0 Å². The van der Waals surface area contributed by atoms with Crippen LogP contribution in [-0.2, 0) is 13.1 Å². The summed E-state index contributed by atoms with van der Waals surface area (Å²) in [5.74, 6) is -0.0219. The topological polar surface area (TPSA) is 44.2 Å². The molecule has 0 aliphatic rings. The molecule has 0 fully saturated rings. The number of aromatic nitrogens is 3. The Kier molecular flexibility index (Phi) is 6.66. The quantitative estimate of drug-likeness (QED) is 0.143. The summed E-state index contributed by atoms with van der Waals surface area (Å²) in [6.45, 7) is 8.38. The van der Waals surface area contributed by atoms with Crippen molar-refractivity contribution in [2.45, 2.75) is 13.1 Å². The number of rotatable bonds is 7. The van der Waals surface area contributed by atoms with Gasteiger partial charge in [0.15, 0.2) is 11.5 Å². The number of imidazole rings is 1. The standard InChI is InChI=1S/C33H23BrN4O/c1-35-27-14-12-23(13-15-27)18-38-22-36-17-28(38)19-37-20-31(30-11-5-7-24-6-2-3-10-29(24)30)32(21-37)33(39)25-8-4-9-26(34)16-25/h2-17,20-22H,18-19H2. The van der Waals surface area contributed by atoms with Crippen molar-refractivity contribution in [2.75, 3.05) is 0 Å². The maximum absolute atomic E-state index is 13.8. The monoisotopic (exact) mass is 570 g/mol. The molecule has 188 valence electrons. The van der Waals surface area contributed by atoms with Crippen molar-refractivity contribution in [3.8, 4) is 11.1 Å². The van der Waals surface area contributed by atoms with E-state index in [1.807, 2.05) is 85.5 Å². The second-order valence-electron chi connectivity index (χ2n) is 9.42. The molecule has 4 aromatic carbocycles. The molecule has 0 spiro atoms. The molecule has 0 atom stereocenters. The van der Waals surface area contributed by atoms with E-state index in [0.29, 0.717) is 29.9 Å². The maximum atomic E-state index is 13.8. The van der Waals surface area contributed by atoms with Crippen molar-refractivity contribution in [2.24, 2.45) is 0 Å². The number of hydrogen-bond acceptors (Lipinski definition) is 2. The van der Waals surface area contributed by atoms with Crippen molar-refractivity contribution >= 4 is 38.2 Å². The van der Waals surface area contributed by atoms with Gasteiger partial charge >= 0.3 is 0 Å². The molecule has 2 aromatic heterocycles. The van der Waals surface area contributed by atoms with Gasteiger partial charge < -0.3 is 9.13 Å². The normalized spacial score (nSPS) is 11.0. The lowest BCUT2D eigenvalue weighted by atomic mass is 9.94. The van der Waals surface area contributed by atoms with E-state index in [0.717, 1.165) is 37.6 Å². The number of benzene rings is 4. The number of ketones is 1. The molecule has 6 heteroatoms. The van der Waals surface area contributed by atoms with Crippen LogP contribution in [0.2, 0.25) is 0 Å². The van der Waals surface area contributed by atoms with Crippen LogP contribution in [0.5, 0.6) is 0 Å². The second kappa shape index (κ2) is 10.6. The molecule has 0 unspecified atom stereocenters. The molecule has 0 saturated carbocycles. The smallest absolute Gasteiger partial charge is 0.195 e. The van der Waals surface area contributed by atoms with Gasteiger partial charge in [-0.2, -0.15) is 0 Å². The molecule has 39 heavy (non-hydrogen) atoms. The minimum absolute atomic E-state index is 0.0219. The lowest BCUT2D eigenvalue weighted by Gasteiger charge is -2.09. The Bertz CT molecular complexity index is 1850. The van der Waals surface area contributed by atoms with Crippen LogP contribution in [0.15, 0.2) is 120 Å². The predicted octanol–water partition coefficient (Wildman–Crippen LogP) is 8.15. The van der Waals surface area contributed by atoms with Crippen LogP contribution in [0.25, 0.3) is 26.7 Å². The number of carbonyl (C=O) groups excluding carboxylic acids is 1. The van der Waals surface area contributed by atoms with Gasteiger partial charge in [0.05, 0.1) is 25.1 Å². The lowest BCUT2D eigenvalue weighted by molar-refractivity contribution is 0.103. The largest absolute Gasteiger partial charge is 0.347 e. The summed E-state index contributed by atoms with van der Waals surface area (Å²) in [7, 11) is 0. The molecule has 0 amide bonds.